The van der Waals surface area contributed by atoms with Crippen molar-refractivity contribution in [1.82, 2.24) is 5.43 Å². The van der Waals surface area contributed by atoms with Gasteiger partial charge in [0.05, 0.1) is 13.3 Å². The molecule has 3 N–H and O–H groups in total. The Labute approximate surface area is 193 Å². The molecule has 33 heavy (non-hydrogen) atoms. The molecule has 170 valence electrons. The zero-order chi connectivity index (χ0) is 24.0. The standard InChI is InChI=1S/C26H27N3O4/c1-26(2,3)20-12-8-17(9-13-20)24(31)28-21-14-10-18(11-15-21)25(32)29-27-16-19-6-5-7-22(33-4)23(19)30/h5-16,30H,1-4H3,(H,28,31)(H,29,32). The van der Waals surface area contributed by atoms with Crippen molar-refractivity contribution in [3.8, 4) is 11.5 Å². The average Bonchev–Trinajstić information content (AvgIpc) is 2.80. The zero-order valence-electron chi connectivity index (χ0n) is 19.0. The van der Waals surface area contributed by atoms with Crippen LogP contribution in [0, 0.1) is 0 Å². The fourth-order valence-corrected chi connectivity index (χ4v) is 3.06. The lowest BCUT2D eigenvalue weighted by atomic mass is 9.87. The van der Waals surface area contributed by atoms with Crippen molar-refractivity contribution < 1.29 is 19.4 Å². The van der Waals surface area contributed by atoms with Crippen LogP contribution in [-0.4, -0.2) is 30.2 Å². The second-order valence-corrected chi connectivity index (χ2v) is 8.46. The van der Waals surface area contributed by atoms with Gasteiger partial charge in [-0.3, -0.25) is 9.59 Å². The maximum atomic E-state index is 12.5. The number of phenolic OH excluding ortho intramolecular Hbond substituents is 1. The molecule has 3 aromatic carbocycles. The molecule has 3 rings (SSSR count). The fourth-order valence-electron chi connectivity index (χ4n) is 3.06. The van der Waals surface area contributed by atoms with Gasteiger partial charge in [-0.2, -0.15) is 5.10 Å². The number of benzene rings is 3. The Hall–Kier alpha value is -4.13. The number of aromatic hydroxyl groups is 1. The quantitative estimate of drug-likeness (QED) is 0.378. The van der Waals surface area contributed by atoms with E-state index in [4.69, 9.17) is 4.74 Å². The van der Waals surface area contributed by atoms with E-state index < -0.39 is 5.91 Å². The van der Waals surface area contributed by atoms with Crippen molar-refractivity contribution in [3.63, 3.8) is 0 Å². The summed E-state index contributed by atoms with van der Waals surface area (Å²) in [4.78, 5) is 24.8. The van der Waals surface area contributed by atoms with Crippen LogP contribution in [0.25, 0.3) is 0 Å². The van der Waals surface area contributed by atoms with Gasteiger partial charge in [-0.05, 0) is 59.5 Å². The summed E-state index contributed by atoms with van der Waals surface area (Å²) in [7, 11) is 1.45. The first-order chi connectivity index (χ1) is 15.7. The highest BCUT2D eigenvalue weighted by Crippen LogP contribution is 2.28. The number of ether oxygens (including phenoxy) is 1. The molecule has 0 fully saturated rings. The van der Waals surface area contributed by atoms with Crippen LogP contribution in [0.15, 0.2) is 71.8 Å². The normalized spacial score (nSPS) is 11.3. The highest BCUT2D eigenvalue weighted by atomic mass is 16.5. The number of nitrogens with zero attached hydrogens (tertiary/aromatic N) is 1. The van der Waals surface area contributed by atoms with E-state index in [0.717, 1.165) is 5.56 Å². The van der Waals surface area contributed by atoms with Crippen LogP contribution >= 0.6 is 0 Å². The first kappa shape index (κ1) is 23.5. The summed E-state index contributed by atoms with van der Waals surface area (Å²) in [6, 6.07) is 18.9. The third kappa shape index (κ3) is 5.98. The molecular formula is C26H27N3O4. The van der Waals surface area contributed by atoms with Gasteiger partial charge in [-0.1, -0.05) is 39.0 Å². The summed E-state index contributed by atoms with van der Waals surface area (Å²) >= 11 is 0. The number of amides is 2. The molecule has 0 bridgehead atoms. The molecule has 0 aliphatic rings. The maximum Gasteiger partial charge on any atom is 0.271 e. The number of hydrazone groups is 1. The molecule has 0 unspecified atom stereocenters. The smallest absolute Gasteiger partial charge is 0.271 e. The number of phenols is 1. The lowest BCUT2D eigenvalue weighted by Crippen LogP contribution is -2.18. The minimum absolute atomic E-state index is 0.0177. The Morgan fingerprint density at radius 3 is 2.12 bits per heavy atom. The number of carbonyl (C=O) groups excluding carboxylic acids is 2. The summed E-state index contributed by atoms with van der Waals surface area (Å²) < 4.78 is 5.04. The highest BCUT2D eigenvalue weighted by molar-refractivity contribution is 6.04. The van der Waals surface area contributed by atoms with Crippen molar-refractivity contribution in [1.29, 1.82) is 0 Å². The SMILES string of the molecule is COc1cccc(C=NNC(=O)c2ccc(NC(=O)c3ccc(C(C)(C)C)cc3)cc2)c1O. The topological polar surface area (TPSA) is 100 Å². The first-order valence-electron chi connectivity index (χ1n) is 10.4. The van der Waals surface area contributed by atoms with E-state index in [0.29, 0.717) is 28.1 Å². The molecule has 2 amide bonds. The van der Waals surface area contributed by atoms with Crippen LogP contribution in [0.2, 0.25) is 0 Å². The summed E-state index contributed by atoms with van der Waals surface area (Å²) in [5.74, 6) is -0.404. The third-order valence-electron chi connectivity index (χ3n) is 5.04. The molecule has 7 nitrogen and oxygen atoms in total. The lowest BCUT2D eigenvalue weighted by Gasteiger charge is -2.19. The zero-order valence-corrected chi connectivity index (χ0v) is 19.0. The van der Waals surface area contributed by atoms with Crippen molar-refractivity contribution >= 4 is 23.7 Å². The van der Waals surface area contributed by atoms with E-state index in [2.05, 4.69) is 36.6 Å². The Bertz CT molecular complexity index is 1160. The summed E-state index contributed by atoms with van der Waals surface area (Å²) in [5.41, 5.74) is 5.48. The van der Waals surface area contributed by atoms with E-state index in [1.807, 2.05) is 12.1 Å². The monoisotopic (exact) mass is 445 g/mol. The fraction of sp³-hybridized carbons (Fsp3) is 0.192. The molecule has 0 saturated carbocycles. The predicted octanol–water partition coefficient (Wildman–Crippen LogP) is 4.71. The second kappa shape index (κ2) is 9.99. The largest absolute Gasteiger partial charge is 0.504 e. The van der Waals surface area contributed by atoms with Crippen molar-refractivity contribution in [2.75, 3.05) is 12.4 Å². The summed E-state index contributed by atoms with van der Waals surface area (Å²) in [6.07, 6.45) is 1.33. The summed E-state index contributed by atoms with van der Waals surface area (Å²) in [5, 5.41) is 16.7. The minimum Gasteiger partial charge on any atom is -0.504 e. The van der Waals surface area contributed by atoms with Gasteiger partial charge in [0.15, 0.2) is 11.5 Å². The number of nitrogens with one attached hydrogen (secondary N) is 2. The Kier molecular flexibility index (Phi) is 7.13. The van der Waals surface area contributed by atoms with Crippen molar-refractivity contribution in [3.05, 3.63) is 89.0 Å². The Balaban J connectivity index is 1.59. The van der Waals surface area contributed by atoms with Gasteiger partial charge in [0, 0.05) is 22.4 Å². The second-order valence-electron chi connectivity index (χ2n) is 8.46. The lowest BCUT2D eigenvalue weighted by molar-refractivity contribution is 0.0954. The third-order valence-corrected chi connectivity index (χ3v) is 5.04. The molecule has 0 radical (unpaired) electrons. The maximum absolute atomic E-state index is 12.5. The average molecular weight is 446 g/mol. The van der Waals surface area contributed by atoms with E-state index in [-0.39, 0.29) is 17.1 Å². The molecule has 0 aliphatic heterocycles. The Morgan fingerprint density at radius 1 is 0.909 bits per heavy atom. The van der Waals surface area contributed by atoms with Gasteiger partial charge in [0.2, 0.25) is 0 Å². The molecular weight excluding hydrogens is 418 g/mol. The summed E-state index contributed by atoms with van der Waals surface area (Å²) in [6.45, 7) is 6.36. The molecule has 7 heteroatoms. The van der Waals surface area contributed by atoms with Gasteiger partial charge in [0.1, 0.15) is 0 Å². The van der Waals surface area contributed by atoms with E-state index in [1.54, 1.807) is 54.6 Å². The number of anilines is 1. The van der Waals surface area contributed by atoms with Crippen LogP contribution in [0.3, 0.4) is 0 Å². The van der Waals surface area contributed by atoms with Crippen molar-refractivity contribution in [2.45, 2.75) is 26.2 Å². The van der Waals surface area contributed by atoms with Crippen molar-refractivity contribution in [2.24, 2.45) is 5.10 Å². The number of hydrogen-bond donors (Lipinski definition) is 3. The van der Waals surface area contributed by atoms with Gasteiger partial charge in [-0.25, -0.2) is 5.43 Å². The highest BCUT2D eigenvalue weighted by Gasteiger charge is 2.14. The number of carbonyl (C=O) groups is 2. The van der Waals surface area contributed by atoms with E-state index >= 15 is 0 Å². The predicted molar refractivity (Wildman–Crippen MR) is 129 cm³/mol. The van der Waals surface area contributed by atoms with Gasteiger partial charge >= 0.3 is 0 Å². The molecule has 0 spiro atoms. The van der Waals surface area contributed by atoms with Crippen LogP contribution < -0.4 is 15.5 Å². The number of para-hydroxylation sites is 1. The molecule has 0 atom stereocenters. The number of methoxy groups -OCH3 is 1. The van der Waals surface area contributed by atoms with Crippen LogP contribution in [0.1, 0.15) is 52.6 Å². The number of rotatable bonds is 6. The molecule has 3 aromatic rings. The van der Waals surface area contributed by atoms with E-state index in [9.17, 15) is 14.7 Å². The minimum atomic E-state index is -0.427. The number of hydrogen-bond acceptors (Lipinski definition) is 5. The van der Waals surface area contributed by atoms with Crippen LogP contribution in [0.4, 0.5) is 5.69 Å². The van der Waals surface area contributed by atoms with Crippen LogP contribution in [-0.2, 0) is 5.41 Å². The van der Waals surface area contributed by atoms with Gasteiger partial charge in [-0.15, -0.1) is 0 Å². The molecule has 0 saturated heterocycles. The molecule has 0 aromatic heterocycles. The first-order valence-corrected chi connectivity index (χ1v) is 10.4. The van der Waals surface area contributed by atoms with Crippen LogP contribution in [0.5, 0.6) is 11.5 Å². The Morgan fingerprint density at radius 2 is 1.52 bits per heavy atom. The van der Waals surface area contributed by atoms with Gasteiger partial charge in [0.25, 0.3) is 11.8 Å². The molecule has 0 heterocycles. The van der Waals surface area contributed by atoms with E-state index in [1.165, 1.54) is 13.3 Å². The van der Waals surface area contributed by atoms with Gasteiger partial charge < -0.3 is 15.2 Å². The molecule has 0 aliphatic carbocycles.